The summed E-state index contributed by atoms with van der Waals surface area (Å²) in [6.07, 6.45) is 7.06. The van der Waals surface area contributed by atoms with Crippen LogP contribution in [0.1, 0.15) is 52.9 Å². The number of likely N-dealkylation sites (tertiary alicyclic amines) is 1. The molecule has 106 valence electrons. The van der Waals surface area contributed by atoms with Crippen LogP contribution in [0.15, 0.2) is 0 Å². The first-order chi connectivity index (χ1) is 8.61. The van der Waals surface area contributed by atoms with Crippen molar-refractivity contribution in [2.45, 2.75) is 65.0 Å². The van der Waals surface area contributed by atoms with Crippen molar-refractivity contribution in [1.29, 1.82) is 0 Å². The Morgan fingerprint density at radius 3 is 2.56 bits per heavy atom. The van der Waals surface area contributed by atoms with Gasteiger partial charge < -0.3 is 10.2 Å². The second-order valence-corrected chi connectivity index (χ2v) is 6.96. The van der Waals surface area contributed by atoms with Gasteiger partial charge in [0.25, 0.3) is 0 Å². The molecule has 0 radical (unpaired) electrons. The first-order valence-electron chi connectivity index (χ1n) is 8.03. The van der Waals surface area contributed by atoms with Crippen molar-refractivity contribution in [3.8, 4) is 0 Å². The quantitative estimate of drug-likeness (QED) is 0.827. The summed E-state index contributed by atoms with van der Waals surface area (Å²) in [6, 6.07) is 1.58. The smallest absolute Gasteiger partial charge is 0.0105 e. The van der Waals surface area contributed by atoms with Crippen molar-refractivity contribution < 1.29 is 0 Å². The molecule has 0 spiro atoms. The average molecular weight is 252 g/mol. The van der Waals surface area contributed by atoms with Crippen LogP contribution in [0.25, 0.3) is 0 Å². The molecule has 0 aromatic rings. The van der Waals surface area contributed by atoms with Crippen molar-refractivity contribution in [3.63, 3.8) is 0 Å². The van der Waals surface area contributed by atoms with E-state index in [1.54, 1.807) is 0 Å². The Bertz CT molecular complexity index is 251. The van der Waals surface area contributed by atoms with E-state index < -0.39 is 0 Å². The van der Waals surface area contributed by atoms with Gasteiger partial charge in [0.2, 0.25) is 0 Å². The molecular weight excluding hydrogens is 220 g/mol. The van der Waals surface area contributed by atoms with Gasteiger partial charge in [0.1, 0.15) is 0 Å². The van der Waals surface area contributed by atoms with E-state index in [-0.39, 0.29) is 0 Å². The van der Waals surface area contributed by atoms with Crippen LogP contribution in [-0.2, 0) is 0 Å². The van der Waals surface area contributed by atoms with Crippen LogP contribution in [-0.4, -0.2) is 37.1 Å². The van der Waals surface area contributed by atoms with Gasteiger partial charge in [0.05, 0.1) is 0 Å². The van der Waals surface area contributed by atoms with E-state index >= 15 is 0 Å². The third kappa shape index (κ3) is 3.27. The van der Waals surface area contributed by atoms with Gasteiger partial charge in [-0.1, -0.05) is 13.8 Å². The summed E-state index contributed by atoms with van der Waals surface area (Å²) in [4.78, 5) is 2.73. The Morgan fingerprint density at radius 1 is 1.22 bits per heavy atom. The Labute approximate surface area is 114 Å². The number of nitrogens with one attached hydrogen (secondary N) is 1. The molecule has 1 heterocycles. The molecule has 2 aliphatic rings. The standard InChI is InChI=1S/C16H32N2/c1-12(2)14-7-8-16(17-4)15(10-14)11-18-9-5-6-13(18)3/h12-17H,5-11H2,1-4H3. The third-order valence-corrected chi connectivity index (χ3v) is 5.50. The monoisotopic (exact) mass is 252 g/mol. The molecule has 2 rings (SSSR count). The minimum atomic E-state index is 0.757. The molecule has 0 aromatic carbocycles. The number of rotatable bonds is 4. The zero-order valence-electron chi connectivity index (χ0n) is 12.8. The fourth-order valence-corrected chi connectivity index (χ4v) is 4.05. The van der Waals surface area contributed by atoms with Crippen LogP contribution in [0.5, 0.6) is 0 Å². The Kier molecular flexibility index (Phi) is 5.08. The molecule has 2 nitrogen and oxygen atoms in total. The van der Waals surface area contributed by atoms with Gasteiger partial charge in [-0.15, -0.1) is 0 Å². The maximum absolute atomic E-state index is 3.58. The van der Waals surface area contributed by atoms with Crippen molar-refractivity contribution in [3.05, 3.63) is 0 Å². The van der Waals surface area contributed by atoms with E-state index in [0.29, 0.717) is 0 Å². The van der Waals surface area contributed by atoms with Crippen molar-refractivity contribution in [2.24, 2.45) is 17.8 Å². The van der Waals surface area contributed by atoms with E-state index in [1.807, 2.05) is 0 Å². The summed E-state index contributed by atoms with van der Waals surface area (Å²) in [5, 5.41) is 3.58. The summed E-state index contributed by atoms with van der Waals surface area (Å²) >= 11 is 0. The summed E-state index contributed by atoms with van der Waals surface area (Å²) in [7, 11) is 2.15. The molecule has 2 heteroatoms. The lowest BCUT2D eigenvalue weighted by Gasteiger charge is -2.40. The van der Waals surface area contributed by atoms with Gasteiger partial charge in [0, 0.05) is 18.6 Å². The molecule has 1 saturated heterocycles. The van der Waals surface area contributed by atoms with Crippen LogP contribution in [0.3, 0.4) is 0 Å². The van der Waals surface area contributed by atoms with Gasteiger partial charge in [-0.3, -0.25) is 0 Å². The molecule has 4 unspecified atom stereocenters. The number of nitrogens with zero attached hydrogens (tertiary/aromatic N) is 1. The van der Waals surface area contributed by atoms with Crippen LogP contribution in [0.2, 0.25) is 0 Å². The molecule has 18 heavy (non-hydrogen) atoms. The fourth-order valence-electron chi connectivity index (χ4n) is 4.05. The lowest BCUT2D eigenvalue weighted by Crippen LogP contribution is -2.46. The van der Waals surface area contributed by atoms with Crippen LogP contribution in [0, 0.1) is 17.8 Å². The number of hydrogen-bond donors (Lipinski definition) is 1. The average Bonchev–Trinajstić information content (AvgIpc) is 2.75. The molecule has 0 aromatic heterocycles. The predicted molar refractivity (Wildman–Crippen MR) is 78.8 cm³/mol. The minimum absolute atomic E-state index is 0.757. The molecule has 1 aliphatic carbocycles. The Balaban J connectivity index is 1.93. The van der Waals surface area contributed by atoms with Gasteiger partial charge in [-0.25, -0.2) is 0 Å². The lowest BCUT2D eigenvalue weighted by atomic mass is 9.73. The van der Waals surface area contributed by atoms with E-state index in [4.69, 9.17) is 0 Å². The molecule has 2 fully saturated rings. The Hall–Kier alpha value is -0.0800. The van der Waals surface area contributed by atoms with Gasteiger partial charge in [-0.2, -0.15) is 0 Å². The van der Waals surface area contributed by atoms with Crippen LogP contribution >= 0.6 is 0 Å². The summed E-state index contributed by atoms with van der Waals surface area (Å²) < 4.78 is 0. The second-order valence-electron chi connectivity index (χ2n) is 6.96. The lowest BCUT2D eigenvalue weighted by molar-refractivity contribution is 0.122. The van der Waals surface area contributed by atoms with E-state index in [2.05, 4.69) is 38.0 Å². The number of hydrogen-bond acceptors (Lipinski definition) is 2. The largest absolute Gasteiger partial charge is 0.317 e. The van der Waals surface area contributed by atoms with Crippen molar-refractivity contribution >= 4 is 0 Å². The van der Waals surface area contributed by atoms with Crippen molar-refractivity contribution in [2.75, 3.05) is 20.1 Å². The van der Waals surface area contributed by atoms with E-state index in [9.17, 15) is 0 Å². The van der Waals surface area contributed by atoms with Gasteiger partial charge >= 0.3 is 0 Å². The van der Waals surface area contributed by atoms with Gasteiger partial charge in [0.15, 0.2) is 0 Å². The van der Waals surface area contributed by atoms with Crippen LogP contribution < -0.4 is 5.32 Å². The van der Waals surface area contributed by atoms with E-state index in [1.165, 1.54) is 45.2 Å². The summed E-state index contributed by atoms with van der Waals surface area (Å²) in [5.74, 6) is 2.69. The highest BCUT2D eigenvalue weighted by atomic mass is 15.2. The molecule has 1 saturated carbocycles. The molecule has 0 bridgehead atoms. The first-order valence-corrected chi connectivity index (χ1v) is 8.03. The maximum Gasteiger partial charge on any atom is 0.0105 e. The topological polar surface area (TPSA) is 15.3 Å². The molecular formula is C16H32N2. The highest BCUT2D eigenvalue weighted by molar-refractivity contribution is 4.88. The molecule has 4 atom stereocenters. The summed E-state index contributed by atoms with van der Waals surface area (Å²) in [6.45, 7) is 9.88. The minimum Gasteiger partial charge on any atom is -0.317 e. The normalized spacial score (nSPS) is 38.5. The zero-order valence-corrected chi connectivity index (χ0v) is 12.8. The van der Waals surface area contributed by atoms with Crippen LogP contribution in [0.4, 0.5) is 0 Å². The maximum atomic E-state index is 3.58. The second kappa shape index (κ2) is 6.38. The van der Waals surface area contributed by atoms with E-state index in [0.717, 1.165) is 29.8 Å². The fraction of sp³-hybridized carbons (Fsp3) is 1.00. The Morgan fingerprint density at radius 2 is 2.00 bits per heavy atom. The highest BCUT2D eigenvalue weighted by Crippen LogP contribution is 2.35. The molecule has 0 amide bonds. The first kappa shape index (κ1) is 14.3. The zero-order chi connectivity index (χ0) is 13.1. The summed E-state index contributed by atoms with van der Waals surface area (Å²) in [5.41, 5.74) is 0. The predicted octanol–water partition coefficient (Wildman–Crippen LogP) is 3.13. The highest BCUT2D eigenvalue weighted by Gasteiger charge is 2.33. The molecule has 1 N–H and O–H groups in total. The van der Waals surface area contributed by atoms with Gasteiger partial charge in [-0.05, 0) is 70.4 Å². The third-order valence-electron chi connectivity index (χ3n) is 5.50. The van der Waals surface area contributed by atoms with Crippen molar-refractivity contribution in [1.82, 2.24) is 10.2 Å². The molecule has 1 aliphatic heterocycles. The SMILES string of the molecule is CNC1CCC(C(C)C)CC1CN1CCCC1C.